The SMILES string of the molecule is CCCC(CN)NC(=O)c1cccc2cccnc12. The molecule has 0 fully saturated rings. The molecule has 1 amide bonds. The fourth-order valence-corrected chi connectivity index (χ4v) is 2.15. The quantitative estimate of drug-likeness (QED) is 0.861. The van der Waals surface area contributed by atoms with E-state index in [1.165, 1.54) is 0 Å². The second-order valence-corrected chi connectivity index (χ2v) is 4.58. The summed E-state index contributed by atoms with van der Waals surface area (Å²) in [6.45, 7) is 2.53. The Kier molecular flexibility index (Phi) is 4.47. The third-order valence-electron chi connectivity index (χ3n) is 3.13. The van der Waals surface area contributed by atoms with E-state index < -0.39 is 0 Å². The molecule has 0 saturated carbocycles. The molecular weight excluding hydrogens is 238 g/mol. The molecule has 2 aromatic rings. The first kappa shape index (κ1) is 13.5. The van der Waals surface area contributed by atoms with E-state index in [9.17, 15) is 4.79 Å². The minimum absolute atomic E-state index is 0.0245. The zero-order valence-electron chi connectivity index (χ0n) is 11.1. The van der Waals surface area contributed by atoms with E-state index >= 15 is 0 Å². The summed E-state index contributed by atoms with van der Waals surface area (Å²) in [4.78, 5) is 16.6. The molecule has 4 nitrogen and oxygen atoms in total. The molecule has 0 spiro atoms. The van der Waals surface area contributed by atoms with Crippen molar-refractivity contribution in [3.05, 3.63) is 42.1 Å². The zero-order valence-corrected chi connectivity index (χ0v) is 11.1. The van der Waals surface area contributed by atoms with Gasteiger partial charge in [0.1, 0.15) is 0 Å². The summed E-state index contributed by atoms with van der Waals surface area (Å²) < 4.78 is 0. The Morgan fingerprint density at radius 2 is 2.16 bits per heavy atom. The molecular formula is C15H19N3O. The highest BCUT2D eigenvalue weighted by Gasteiger charge is 2.14. The van der Waals surface area contributed by atoms with Gasteiger partial charge in [-0.2, -0.15) is 0 Å². The predicted molar refractivity (Wildman–Crippen MR) is 77.0 cm³/mol. The van der Waals surface area contributed by atoms with Crippen LogP contribution in [-0.2, 0) is 0 Å². The molecule has 3 N–H and O–H groups in total. The van der Waals surface area contributed by atoms with E-state index in [2.05, 4.69) is 17.2 Å². The molecule has 0 aliphatic heterocycles. The smallest absolute Gasteiger partial charge is 0.253 e. The highest BCUT2D eigenvalue weighted by atomic mass is 16.1. The highest BCUT2D eigenvalue weighted by Crippen LogP contribution is 2.16. The van der Waals surface area contributed by atoms with Gasteiger partial charge in [0, 0.05) is 24.2 Å². The Balaban J connectivity index is 2.26. The van der Waals surface area contributed by atoms with E-state index in [1.807, 2.05) is 24.3 Å². The van der Waals surface area contributed by atoms with Gasteiger partial charge in [0.05, 0.1) is 11.1 Å². The van der Waals surface area contributed by atoms with E-state index in [4.69, 9.17) is 5.73 Å². The van der Waals surface area contributed by atoms with Crippen molar-refractivity contribution in [2.45, 2.75) is 25.8 Å². The predicted octanol–water partition coefficient (Wildman–Crippen LogP) is 2.09. The highest BCUT2D eigenvalue weighted by molar-refractivity contribution is 6.05. The number of hydrogen-bond donors (Lipinski definition) is 2. The number of rotatable bonds is 5. The van der Waals surface area contributed by atoms with Crippen molar-refractivity contribution in [2.24, 2.45) is 5.73 Å². The van der Waals surface area contributed by atoms with Crippen LogP contribution in [0.5, 0.6) is 0 Å². The van der Waals surface area contributed by atoms with Crippen LogP contribution >= 0.6 is 0 Å². The van der Waals surface area contributed by atoms with Crippen LogP contribution in [0.1, 0.15) is 30.1 Å². The summed E-state index contributed by atoms with van der Waals surface area (Å²) in [5.41, 5.74) is 7.00. The van der Waals surface area contributed by atoms with Gasteiger partial charge in [-0.25, -0.2) is 0 Å². The number of nitrogens with zero attached hydrogens (tertiary/aromatic N) is 1. The Bertz CT molecular complexity index is 563. The maximum Gasteiger partial charge on any atom is 0.253 e. The normalized spacial score (nSPS) is 12.3. The Labute approximate surface area is 113 Å². The molecule has 0 saturated heterocycles. The fourth-order valence-electron chi connectivity index (χ4n) is 2.15. The standard InChI is InChI=1S/C15H19N3O/c1-2-5-12(10-16)18-15(19)13-8-3-6-11-7-4-9-17-14(11)13/h3-4,6-9,12H,2,5,10,16H2,1H3,(H,18,19). The molecule has 1 aromatic carbocycles. The van der Waals surface area contributed by atoms with Gasteiger partial charge in [-0.3, -0.25) is 9.78 Å². The maximum absolute atomic E-state index is 12.3. The van der Waals surface area contributed by atoms with Crippen LogP contribution < -0.4 is 11.1 Å². The molecule has 100 valence electrons. The topological polar surface area (TPSA) is 68.0 Å². The van der Waals surface area contributed by atoms with Crippen LogP contribution in [-0.4, -0.2) is 23.5 Å². The number of amides is 1. The number of hydrogen-bond acceptors (Lipinski definition) is 3. The third-order valence-corrected chi connectivity index (χ3v) is 3.13. The fraction of sp³-hybridized carbons (Fsp3) is 0.333. The number of para-hydroxylation sites is 1. The number of nitrogens with two attached hydrogens (primary N) is 1. The molecule has 1 atom stereocenters. The van der Waals surface area contributed by atoms with Crippen molar-refractivity contribution in [1.82, 2.24) is 10.3 Å². The van der Waals surface area contributed by atoms with Crippen LogP contribution in [0, 0.1) is 0 Å². The molecule has 19 heavy (non-hydrogen) atoms. The summed E-state index contributed by atoms with van der Waals surface area (Å²) in [6, 6.07) is 9.46. The van der Waals surface area contributed by atoms with Crippen molar-refractivity contribution in [1.29, 1.82) is 0 Å². The minimum atomic E-state index is -0.104. The molecule has 0 aliphatic carbocycles. The van der Waals surface area contributed by atoms with Crippen molar-refractivity contribution in [2.75, 3.05) is 6.54 Å². The summed E-state index contributed by atoms with van der Waals surface area (Å²) in [5, 5.41) is 3.94. The molecule has 1 unspecified atom stereocenters. The second-order valence-electron chi connectivity index (χ2n) is 4.58. The number of aromatic nitrogens is 1. The first-order valence-electron chi connectivity index (χ1n) is 6.61. The molecule has 0 bridgehead atoms. The van der Waals surface area contributed by atoms with Gasteiger partial charge in [-0.15, -0.1) is 0 Å². The number of benzene rings is 1. The van der Waals surface area contributed by atoms with Gasteiger partial charge in [-0.1, -0.05) is 31.5 Å². The van der Waals surface area contributed by atoms with Crippen LogP contribution in [0.2, 0.25) is 0 Å². The molecule has 4 heteroatoms. The van der Waals surface area contributed by atoms with Gasteiger partial charge in [0.25, 0.3) is 5.91 Å². The summed E-state index contributed by atoms with van der Waals surface area (Å²) in [5.74, 6) is -0.104. The molecule has 2 rings (SSSR count). The van der Waals surface area contributed by atoms with E-state index in [1.54, 1.807) is 12.3 Å². The Morgan fingerprint density at radius 1 is 1.37 bits per heavy atom. The van der Waals surface area contributed by atoms with Crippen molar-refractivity contribution in [3.8, 4) is 0 Å². The first-order chi connectivity index (χ1) is 9.26. The van der Waals surface area contributed by atoms with E-state index in [0.29, 0.717) is 12.1 Å². The third kappa shape index (κ3) is 3.09. The van der Waals surface area contributed by atoms with E-state index in [0.717, 1.165) is 23.7 Å². The average Bonchev–Trinajstić information content (AvgIpc) is 2.46. The lowest BCUT2D eigenvalue weighted by Gasteiger charge is -2.16. The van der Waals surface area contributed by atoms with Gasteiger partial charge in [0.2, 0.25) is 0 Å². The lowest BCUT2D eigenvalue weighted by Crippen LogP contribution is -2.40. The average molecular weight is 257 g/mol. The van der Waals surface area contributed by atoms with Crippen molar-refractivity contribution in [3.63, 3.8) is 0 Å². The summed E-state index contributed by atoms with van der Waals surface area (Å²) in [6.07, 6.45) is 3.59. The number of fused-ring (bicyclic) bond motifs is 1. The Morgan fingerprint density at radius 3 is 2.89 bits per heavy atom. The van der Waals surface area contributed by atoms with Gasteiger partial charge in [-0.05, 0) is 18.6 Å². The number of nitrogens with one attached hydrogen (secondary N) is 1. The lowest BCUT2D eigenvalue weighted by molar-refractivity contribution is 0.0937. The summed E-state index contributed by atoms with van der Waals surface area (Å²) in [7, 11) is 0. The lowest BCUT2D eigenvalue weighted by atomic mass is 10.1. The largest absolute Gasteiger partial charge is 0.348 e. The molecule has 1 aromatic heterocycles. The molecule has 0 radical (unpaired) electrons. The minimum Gasteiger partial charge on any atom is -0.348 e. The molecule has 0 aliphatic rings. The number of carbonyl (C=O) groups excluding carboxylic acids is 1. The van der Waals surface area contributed by atoms with Gasteiger partial charge < -0.3 is 11.1 Å². The van der Waals surface area contributed by atoms with Crippen LogP contribution in [0.3, 0.4) is 0 Å². The zero-order chi connectivity index (χ0) is 13.7. The van der Waals surface area contributed by atoms with Gasteiger partial charge >= 0.3 is 0 Å². The van der Waals surface area contributed by atoms with Gasteiger partial charge in [0.15, 0.2) is 0 Å². The second kappa shape index (κ2) is 6.29. The Hall–Kier alpha value is -1.94. The van der Waals surface area contributed by atoms with Crippen molar-refractivity contribution < 1.29 is 4.79 Å². The number of carbonyl (C=O) groups is 1. The molecule has 1 heterocycles. The van der Waals surface area contributed by atoms with E-state index in [-0.39, 0.29) is 11.9 Å². The maximum atomic E-state index is 12.3. The van der Waals surface area contributed by atoms with Crippen LogP contribution in [0.15, 0.2) is 36.5 Å². The first-order valence-corrected chi connectivity index (χ1v) is 6.61. The number of pyridine rings is 1. The monoisotopic (exact) mass is 257 g/mol. The van der Waals surface area contributed by atoms with Crippen LogP contribution in [0.25, 0.3) is 10.9 Å². The van der Waals surface area contributed by atoms with Crippen LogP contribution in [0.4, 0.5) is 0 Å². The van der Waals surface area contributed by atoms with Crippen molar-refractivity contribution >= 4 is 16.8 Å². The summed E-state index contributed by atoms with van der Waals surface area (Å²) >= 11 is 0.